The average Bonchev–Trinajstić information content (AvgIpc) is 3.44. The summed E-state index contributed by atoms with van der Waals surface area (Å²) in [5.41, 5.74) is -6.64. The fourth-order valence-corrected chi connectivity index (χ4v) is 9.56. The Hall–Kier alpha value is -5.15. The van der Waals surface area contributed by atoms with Gasteiger partial charge in [-0.25, -0.2) is 22.4 Å². The molecule has 3 aliphatic heterocycles. The second kappa shape index (κ2) is 17.8. The molecule has 0 unspecified atom stereocenters. The normalized spacial score (nSPS) is 24.8. The maximum absolute atomic E-state index is 14.5. The van der Waals surface area contributed by atoms with Gasteiger partial charge >= 0.3 is 24.5 Å². The van der Waals surface area contributed by atoms with E-state index in [9.17, 15) is 63.1 Å². The Bertz CT molecular complexity index is 2230. The summed E-state index contributed by atoms with van der Waals surface area (Å²) in [6.07, 6.45) is -10.6. The van der Waals surface area contributed by atoms with Crippen LogP contribution in [0.4, 0.5) is 40.3 Å². The zero-order chi connectivity index (χ0) is 46.3. The first-order valence-corrected chi connectivity index (χ1v) is 22.1. The van der Waals surface area contributed by atoms with E-state index in [-0.39, 0.29) is 51.0 Å². The van der Waals surface area contributed by atoms with E-state index in [1.165, 1.54) is 17.0 Å². The summed E-state index contributed by atoms with van der Waals surface area (Å²) < 4.78 is 136. The number of alkyl halides is 6. The van der Waals surface area contributed by atoms with Crippen molar-refractivity contribution < 1.29 is 72.6 Å². The molecule has 2 aromatic carbocycles. The summed E-state index contributed by atoms with van der Waals surface area (Å²) in [5.74, 6) is -5.77. The third-order valence-electron chi connectivity index (χ3n) is 11.5. The SMILES string of the molecule is CC(C)(C)OC(=O)N[C@H]1CCCCCCC[C@H]2C[C@@]2(C(=O)NS(=O)(=O)Cc2ccc(C(F)(F)F)cc2C(F)(F)F)NC(=O)[C@@H]2C[C@@H](OC(=O)N3Cc4cccc(F)c4C3)CN2C1=O. The second-order valence-electron chi connectivity index (χ2n) is 17.4. The van der Waals surface area contributed by atoms with Gasteiger partial charge in [0.15, 0.2) is 0 Å². The van der Waals surface area contributed by atoms with Crippen LogP contribution in [-0.2, 0) is 65.1 Å². The molecule has 1 saturated carbocycles. The molecule has 0 aromatic heterocycles. The fraction of sp³-hybridized carbons (Fsp3) is 0.585. The lowest BCUT2D eigenvalue weighted by molar-refractivity contribution is -0.143. The van der Waals surface area contributed by atoms with Crippen LogP contribution in [0.25, 0.3) is 0 Å². The average molecular weight is 920 g/mol. The van der Waals surface area contributed by atoms with E-state index in [1.54, 1.807) is 31.6 Å². The van der Waals surface area contributed by atoms with E-state index < -0.39 is 116 Å². The molecule has 2 aromatic rings. The molecule has 63 heavy (non-hydrogen) atoms. The van der Waals surface area contributed by atoms with Gasteiger partial charge in [-0.2, -0.15) is 26.3 Å². The molecule has 5 atom stereocenters. The number of amides is 5. The Morgan fingerprint density at radius 1 is 0.921 bits per heavy atom. The van der Waals surface area contributed by atoms with Crippen LogP contribution in [-0.4, -0.2) is 84.0 Å². The van der Waals surface area contributed by atoms with Crippen molar-refractivity contribution >= 4 is 39.9 Å². The van der Waals surface area contributed by atoms with Crippen LogP contribution in [0.15, 0.2) is 36.4 Å². The number of sulfonamides is 1. The number of carbonyl (C=O) groups is 5. The number of nitrogens with one attached hydrogen (secondary N) is 3. The number of rotatable bonds is 6. The lowest BCUT2D eigenvalue weighted by Gasteiger charge is -2.30. The molecule has 22 heteroatoms. The number of halogens is 7. The van der Waals surface area contributed by atoms with E-state index in [4.69, 9.17) is 9.47 Å². The first-order chi connectivity index (χ1) is 29.3. The summed E-state index contributed by atoms with van der Waals surface area (Å²) in [4.78, 5) is 71.5. The van der Waals surface area contributed by atoms with Crippen molar-refractivity contribution in [1.29, 1.82) is 0 Å². The van der Waals surface area contributed by atoms with Gasteiger partial charge in [-0.3, -0.25) is 24.0 Å². The van der Waals surface area contributed by atoms with Crippen LogP contribution >= 0.6 is 0 Å². The van der Waals surface area contributed by atoms with Gasteiger partial charge in [0, 0.05) is 18.5 Å². The zero-order valence-corrected chi connectivity index (χ0v) is 35.4. The second-order valence-corrected chi connectivity index (χ2v) is 19.2. The zero-order valence-electron chi connectivity index (χ0n) is 34.6. The van der Waals surface area contributed by atoms with Gasteiger partial charge in [0.25, 0.3) is 5.91 Å². The quantitative estimate of drug-likeness (QED) is 0.275. The molecule has 14 nitrogen and oxygen atoms in total. The third-order valence-corrected chi connectivity index (χ3v) is 12.7. The Morgan fingerprint density at radius 3 is 2.25 bits per heavy atom. The molecule has 346 valence electrons. The molecular formula is C41H48F7N5O9S. The van der Waals surface area contributed by atoms with Crippen LogP contribution in [0.5, 0.6) is 0 Å². The van der Waals surface area contributed by atoms with Gasteiger partial charge in [0.1, 0.15) is 35.1 Å². The molecule has 6 rings (SSSR count). The molecule has 3 heterocycles. The molecule has 0 bridgehead atoms. The summed E-state index contributed by atoms with van der Waals surface area (Å²) in [7, 11) is -5.05. The van der Waals surface area contributed by atoms with E-state index in [2.05, 4.69) is 10.6 Å². The van der Waals surface area contributed by atoms with Crippen LogP contribution in [0.2, 0.25) is 0 Å². The van der Waals surface area contributed by atoms with Gasteiger partial charge in [0.2, 0.25) is 21.8 Å². The van der Waals surface area contributed by atoms with Crippen molar-refractivity contribution in [3.63, 3.8) is 0 Å². The summed E-state index contributed by atoms with van der Waals surface area (Å²) in [6.45, 7) is 4.40. The van der Waals surface area contributed by atoms with Gasteiger partial charge in [-0.1, -0.05) is 50.3 Å². The number of hydrogen-bond acceptors (Lipinski definition) is 9. The monoisotopic (exact) mass is 919 g/mol. The van der Waals surface area contributed by atoms with E-state index >= 15 is 0 Å². The minimum absolute atomic E-state index is 0.0192. The van der Waals surface area contributed by atoms with Crippen molar-refractivity contribution in [3.05, 3.63) is 70.0 Å². The van der Waals surface area contributed by atoms with E-state index in [1.807, 2.05) is 0 Å². The molecular weight excluding hydrogens is 872 g/mol. The first kappa shape index (κ1) is 47.3. The minimum Gasteiger partial charge on any atom is -0.444 e. The number of ether oxygens (including phenoxy) is 2. The van der Waals surface area contributed by atoms with Gasteiger partial charge in [-0.05, 0) is 75.3 Å². The Balaban J connectivity index is 1.26. The van der Waals surface area contributed by atoms with Crippen LogP contribution in [0.1, 0.15) is 106 Å². The van der Waals surface area contributed by atoms with E-state index in [0.29, 0.717) is 55.7 Å². The van der Waals surface area contributed by atoms with Crippen molar-refractivity contribution in [2.75, 3.05) is 6.54 Å². The predicted molar refractivity (Wildman–Crippen MR) is 208 cm³/mol. The van der Waals surface area contributed by atoms with Crippen LogP contribution < -0.4 is 15.4 Å². The summed E-state index contributed by atoms with van der Waals surface area (Å²) >= 11 is 0. The van der Waals surface area contributed by atoms with Gasteiger partial charge < -0.3 is 25.0 Å². The standard InChI is InChI=1S/C41H48F7N5O9S/c1-38(2,3)62-36(57)49-31-13-8-6-4-5-7-11-26-18-39(26,35(56)51-63(59,60)22-24-14-15-25(40(43,44)45)16-29(24)41(46,47)48)50-33(54)32-17-27(20-53(32)34(31)55)61-37(58)52-19-23-10-9-12-30(42)28(23)21-52/h9-10,12,14-16,26-27,31-32H,4-8,11,13,17-22H2,1-3H3,(H,49,57)(H,50,54)(H,51,56)/t26-,27+,31-,32-,39+/m0/s1. The molecule has 4 aliphatic rings. The Kier molecular flexibility index (Phi) is 13.4. The van der Waals surface area contributed by atoms with Crippen LogP contribution in [0, 0.1) is 11.7 Å². The topological polar surface area (TPSA) is 181 Å². The highest BCUT2D eigenvalue weighted by molar-refractivity contribution is 7.89. The fourth-order valence-electron chi connectivity index (χ4n) is 8.36. The molecule has 0 spiro atoms. The summed E-state index contributed by atoms with van der Waals surface area (Å²) in [6, 6.07) is 2.11. The number of hydrogen-bond donors (Lipinski definition) is 3. The molecule has 2 saturated heterocycles. The highest BCUT2D eigenvalue weighted by Crippen LogP contribution is 2.48. The highest BCUT2D eigenvalue weighted by Gasteiger charge is 2.62. The maximum Gasteiger partial charge on any atom is 0.416 e. The lowest BCUT2D eigenvalue weighted by Crippen LogP contribution is -2.58. The summed E-state index contributed by atoms with van der Waals surface area (Å²) in [5, 5.41) is 5.17. The highest BCUT2D eigenvalue weighted by atomic mass is 32.2. The van der Waals surface area contributed by atoms with Crippen molar-refractivity contribution in [2.24, 2.45) is 5.92 Å². The smallest absolute Gasteiger partial charge is 0.416 e. The molecule has 3 fully saturated rings. The molecule has 5 amide bonds. The molecule has 3 N–H and O–H groups in total. The van der Waals surface area contributed by atoms with Crippen molar-refractivity contribution in [1.82, 2.24) is 25.2 Å². The number of nitrogens with zero attached hydrogens (tertiary/aromatic N) is 2. The van der Waals surface area contributed by atoms with Gasteiger partial charge in [-0.15, -0.1) is 0 Å². The minimum atomic E-state index is -5.40. The van der Waals surface area contributed by atoms with E-state index in [0.717, 1.165) is 4.90 Å². The number of alkyl carbamates (subject to hydrolysis) is 1. The number of fused-ring (bicyclic) bond motifs is 3. The predicted octanol–water partition coefficient (Wildman–Crippen LogP) is 6.44. The molecule has 0 radical (unpaired) electrons. The Labute approximate surface area is 358 Å². The van der Waals surface area contributed by atoms with Crippen molar-refractivity contribution in [3.8, 4) is 0 Å². The number of benzene rings is 2. The lowest BCUT2D eigenvalue weighted by atomic mass is 10.0. The third kappa shape index (κ3) is 11.3. The largest absolute Gasteiger partial charge is 0.444 e. The number of carbonyl (C=O) groups excluding carboxylic acids is 5. The maximum atomic E-state index is 14.5. The molecule has 1 aliphatic carbocycles. The first-order valence-electron chi connectivity index (χ1n) is 20.4. The van der Waals surface area contributed by atoms with Crippen molar-refractivity contribution in [2.45, 2.75) is 139 Å². The Morgan fingerprint density at radius 2 is 1.60 bits per heavy atom. The van der Waals surface area contributed by atoms with Crippen LogP contribution in [0.3, 0.4) is 0 Å². The van der Waals surface area contributed by atoms with Gasteiger partial charge in [0.05, 0.1) is 30.0 Å².